The maximum Gasteiger partial charge on any atom is 0.340 e. The molecule has 7 nitrogen and oxygen atoms in total. The molecule has 1 aromatic heterocycles. The van der Waals surface area contributed by atoms with Crippen LogP contribution in [0.1, 0.15) is 30.1 Å². The van der Waals surface area contributed by atoms with E-state index >= 15 is 0 Å². The van der Waals surface area contributed by atoms with Crippen molar-refractivity contribution in [2.45, 2.75) is 30.3 Å². The third-order valence-electron chi connectivity index (χ3n) is 2.48. The molecule has 1 aliphatic rings. The second-order valence-corrected chi connectivity index (χ2v) is 5.70. The largest absolute Gasteiger partial charge is 0.478 e. The van der Waals surface area contributed by atoms with Gasteiger partial charge in [-0.15, -0.1) is 0 Å². The van der Waals surface area contributed by atoms with Crippen LogP contribution in [0.25, 0.3) is 0 Å². The van der Waals surface area contributed by atoms with Gasteiger partial charge in [-0.2, -0.15) is 5.10 Å². The molecule has 0 saturated heterocycles. The van der Waals surface area contributed by atoms with Crippen LogP contribution >= 0.6 is 0 Å². The molecule has 1 saturated carbocycles. The number of nitrogens with one attached hydrogen (secondary N) is 2. The molecule has 88 valence electrons. The molecule has 0 unspecified atom stereocenters. The normalized spacial score (nSPS) is 18.3. The van der Waals surface area contributed by atoms with Gasteiger partial charge in [-0.3, -0.25) is 5.10 Å². The number of aromatic nitrogens is 2. The number of aromatic amines is 1. The quantitative estimate of drug-likeness (QED) is 0.687. The Hall–Kier alpha value is -1.41. The topological polar surface area (TPSA) is 112 Å². The van der Waals surface area contributed by atoms with Gasteiger partial charge in [0.15, 0.2) is 5.03 Å². The Morgan fingerprint density at radius 2 is 2.25 bits per heavy atom. The molecule has 0 radical (unpaired) electrons. The minimum Gasteiger partial charge on any atom is -0.478 e. The van der Waals surface area contributed by atoms with Crippen molar-refractivity contribution in [2.75, 3.05) is 0 Å². The number of hydrogen-bond acceptors (Lipinski definition) is 4. The van der Waals surface area contributed by atoms with E-state index in [0.717, 1.165) is 19.0 Å². The molecule has 0 bridgehead atoms. The lowest BCUT2D eigenvalue weighted by molar-refractivity contribution is 0.0692. The Balaban J connectivity index is 2.35. The number of sulfonamides is 1. The summed E-state index contributed by atoms with van der Waals surface area (Å²) in [6.07, 6.45) is 2.48. The van der Waals surface area contributed by atoms with Gasteiger partial charge in [0.05, 0.1) is 6.20 Å². The fourth-order valence-electron chi connectivity index (χ4n) is 1.30. The van der Waals surface area contributed by atoms with Crippen molar-refractivity contribution in [3.63, 3.8) is 0 Å². The number of H-pyrrole nitrogens is 1. The summed E-state index contributed by atoms with van der Waals surface area (Å²) in [7, 11) is -3.84. The highest BCUT2D eigenvalue weighted by molar-refractivity contribution is 7.89. The van der Waals surface area contributed by atoms with E-state index in [1.54, 1.807) is 6.92 Å². The highest BCUT2D eigenvalue weighted by Gasteiger charge is 2.42. The van der Waals surface area contributed by atoms with Gasteiger partial charge in [0.1, 0.15) is 5.56 Å². The monoisotopic (exact) mass is 245 g/mol. The Labute approximate surface area is 91.9 Å². The first-order valence-corrected chi connectivity index (χ1v) is 6.13. The first-order valence-electron chi connectivity index (χ1n) is 4.65. The lowest BCUT2D eigenvalue weighted by atomic mass is 10.4. The second kappa shape index (κ2) is 3.29. The molecule has 1 aromatic rings. The van der Waals surface area contributed by atoms with E-state index in [1.807, 2.05) is 0 Å². The molecule has 1 heterocycles. The van der Waals surface area contributed by atoms with Crippen LogP contribution in [0.15, 0.2) is 11.2 Å². The zero-order chi connectivity index (χ0) is 12.0. The molecule has 8 heteroatoms. The van der Waals surface area contributed by atoms with Crippen molar-refractivity contribution in [2.24, 2.45) is 0 Å². The van der Waals surface area contributed by atoms with Crippen LogP contribution in [0.5, 0.6) is 0 Å². The number of carbonyl (C=O) groups is 1. The number of hydrogen-bond donors (Lipinski definition) is 3. The fourth-order valence-corrected chi connectivity index (χ4v) is 2.85. The van der Waals surface area contributed by atoms with Crippen molar-refractivity contribution in [3.05, 3.63) is 11.8 Å². The van der Waals surface area contributed by atoms with Crippen LogP contribution in [0.2, 0.25) is 0 Å². The Bertz CT molecular complexity index is 529. The van der Waals surface area contributed by atoms with Crippen LogP contribution in [-0.2, 0) is 10.0 Å². The molecular weight excluding hydrogens is 234 g/mol. The van der Waals surface area contributed by atoms with Gasteiger partial charge in [0.25, 0.3) is 10.0 Å². The Kier molecular flexibility index (Phi) is 2.28. The average Bonchev–Trinajstić information content (AvgIpc) is 2.69. The summed E-state index contributed by atoms with van der Waals surface area (Å²) in [6, 6.07) is 0. The number of carboxylic acids is 1. The number of carboxylic acid groups (broad SMARTS) is 1. The molecule has 2 rings (SSSR count). The molecule has 3 N–H and O–H groups in total. The van der Waals surface area contributed by atoms with Crippen LogP contribution in [0.4, 0.5) is 0 Å². The minimum absolute atomic E-state index is 0.350. The standard InChI is InChI=1S/C8H11N3O4S/c1-8(2-3-8)11-16(14,15)6-5(7(12)13)4-9-10-6/h4,11H,2-3H2,1H3,(H,9,10)(H,12,13). The van der Waals surface area contributed by atoms with Crippen molar-refractivity contribution in [1.29, 1.82) is 0 Å². The van der Waals surface area contributed by atoms with Crippen LogP contribution < -0.4 is 4.72 Å². The summed E-state index contributed by atoms with van der Waals surface area (Å²) in [5, 5.41) is 14.0. The smallest absolute Gasteiger partial charge is 0.340 e. The van der Waals surface area contributed by atoms with Gasteiger partial charge in [0, 0.05) is 5.54 Å². The maximum absolute atomic E-state index is 11.8. The van der Waals surface area contributed by atoms with Gasteiger partial charge in [0.2, 0.25) is 0 Å². The Morgan fingerprint density at radius 1 is 1.62 bits per heavy atom. The molecule has 0 spiro atoms. The Morgan fingerprint density at radius 3 is 2.75 bits per heavy atom. The third kappa shape index (κ3) is 1.93. The molecule has 0 aromatic carbocycles. The van der Waals surface area contributed by atoms with E-state index in [0.29, 0.717) is 0 Å². The van der Waals surface area contributed by atoms with Crippen molar-refractivity contribution in [3.8, 4) is 0 Å². The number of nitrogens with zero attached hydrogens (tertiary/aromatic N) is 1. The van der Waals surface area contributed by atoms with Crippen molar-refractivity contribution in [1.82, 2.24) is 14.9 Å². The van der Waals surface area contributed by atoms with E-state index in [-0.39, 0.29) is 5.56 Å². The number of rotatable bonds is 4. The number of aromatic carboxylic acids is 1. The first kappa shape index (κ1) is 11.1. The molecule has 16 heavy (non-hydrogen) atoms. The van der Waals surface area contributed by atoms with Crippen molar-refractivity contribution < 1.29 is 18.3 Å². The van der Waals surface area contributed by atoms with Crippen molar-refractivity contribution >= 4 is 16.0 Å². The van der Waals surface area contributed by atoms with Gasteiger partial charge in [-0.1, -0.05) is 0 Å². The van der Waals surface area contributed by atoms with Gasteiger partial charge >= 0.3 is 5.97 Å². The van der Waals surface area contributed by atoms with E-state index in [2.05, 4.69) is 14.9 Å². The summed E-state index contributed by atoms with van der Waals surface area (Å²) in [5.41, 5.74) is -0.795. The highest BCUT2D eigenvalue weighted by Crippen LogP contribution is 2.35. The van der Waals surface area contributed by atoms with Crippen LogP contribution in [-0.4, -0.2) is 35.2 Å². The highest BCUT2D eigenvalue weighted by atomic mass is 32.2. The zero-order valence-electron chi connectivity index (χ0n) is 8.52. The van der Waals surface area contributed by atoms with Gasteiger partial charge in [-0.25, -0.2) is 17.9 Å². The van der Waals surface area contributed by atoms with Crippen LogP contribution in [0, 0.1) is 0 Å². The minimum atomic E-state index is -3.84. The first-order chi connectivity index (χ1) is 7.34. The summed E-state index contributed by atoms with van der Waals surface area (Å²) >= 11 is 0. The molecular formula is C8H11N3O4S. The van der Waals surface area contributed by atoms with E-state index in [4.69, 9.17) is 5.11 Å². The fraction of sp³-hybridized carbons (Fsp3) is 0.500. The van der Waals surface area contributed by atoms with E-state index < -0.39 is 26.6 Å². The van der Waals surface area contributed by atoms with Gasteiger partial charge < -0.3 is 5.11 Å². The summed E-state index contributed by atoms with van der Waals surface area (Å²) < 4.78 is 26.1. The molecule has 0 aliphatic heterocycles. The molecule has 0 atom stereocenters. The predicted octanol–water partition coefficient (Wildman–Crippen LogP) is -0.0613. The molecule has 1 aliphatic carbocycles. The zero-order valence-corrected chi connectivity index (χ0v) is 9.34. The molecule has 0 amide bonds. The third-order valence-corrected chi connectivity index (χ3v) is 4.09. The van der Waals surface area contributed by atoms with Crippen LogP contribution in [0.3, 0.4) is 0 Å². The lowest BCUT2D eigenvalue weighted by Crippen LogP contribution is -2.35. The summed E-state index contributed by atoms with van der Waals surface area (Å²) in [6.45, 7) is 1.77. The summed E-state index contributed by atoms with van der Waals surface area (Å²) in [5.74, 6) is -1.32. The molecule has 1 fully saturated rings. The van der Waals surface area contributed by atoms with Gasteiger partial charge in [-0.05, 0) is 19.8 Å². The second-order valence-electron chi connectivity index (χ2n) is 4.08. The predicted molar refractivity (Wildman–Crippen MR) is 53.5 cm³/mol. The summed E-state index contributed by atoms with van der Waals surface area (Å²) in [4.78, 5) is 10.8. The van der Waals surface area contributed by atoms with E-state index in [9.17, 15) is 13.2 Å². The maximum atomic E-state index is 11.8. The van der Waals surface area contributed by atoms with E-state index in [1.165, 1.54) is 0 Å². The lowest BCUT2D eigenvalue weighted by Gasteiger charge is -2.10. The average molecular weight is 245 g/mol. The SMILES string of the molecule is CC1(NS(=O)(=O)c2[nH]ncc2C(=O)O)CC1.